The number of amides is 4. The van der Waals surface area contributed by atoms with Crippen molar-refractivity contribution in [3.05, 3.63) is 70.5 Å². The summed E-state index contributed by atoms with van der Waals surface area (Å²) in [4.78, 5) is 37.4. The summed E-state index contributed by atoms with van der Waals surface area (Å²) in [5, 5.41) is 10.4. The molecule has 1 atom stereocenters. The van der Waals surface area contributed by atoms with Crippen LogP contribution in [0.4, 0.5) is 18.0 Å². The monoisotopic (exact) mass is 501 g/mol. The molecule has 3 aromatic rings. The fourth-order valence-corrected chi connectivity index (χ4v) is 4.19. The molecular formula is C24H22F3N5O4. The molecule has 4 amide bonds. The number of aryl methyl sites for hydroxylation is 1. The van der Waals surface area contributed by atoms with Crippen LogP contribution in [-0.4, -0.2) is 47.1 Å². The van der Waals surface area contributed by atoms with Gasteiger partial charge in [0.15, 0.2) is 5.69 Å². The van der Waals surface area contributed by atoms with Crippen LogP contribution < -0.4 is 15.4 Å². The number of imide groups is 1. The van der Waals surface area contributed by atoms with Gasteiger partial charge in [-0.2, -0.15) is 18.3 Å². The van der Waals surface area contributed by atoms with Crippen LogP contribution in [0.2, 0.25) is 0 Å². The number of hydrogen-bond donors (Lipinski definition) is 3. The molecule has 4 rings (SSSR count). The van der Waals surface area contributed by atoms with Gasteiger partial charge in [-0.05, 0) is 35.7 Å². The van der Waals surface area contributed by atoms with Gasteiger partial charge in [-0.1, -0.05) is 30.3 Å². The number of fused-ring (bicyclic) bond motifs is 1. The van der Waals surface area contributed by atoms with Crippen molar-refractivity contribution in [1.82, 2.24) is 25.7 Å². The lowest BCUT2D eigenvalue weighted by Gasteiger charge is -2.25. The highest BCUT2D eigenvalue weighted by molar-refractivity contribution is 5.98. The van der Waals surface area contributed by atoms with Crippen molar-refractivity contribution < 1.29 is 32.3 Å². The van der Waals surface area contributed by atoms with E-state index < -0.39 is 23.9 Å². The second kappa shape index (κ2) is 9.72. The van der Waals surface area contributed by atoms with Crippen LogP contribution in [0.3, 0.4) is 0 Å². The second-order valence-corrected chi connectivity index (χ2v) is 8.19. The molecule has 0 aliphatic carbocycles. The van der Waals surface area contributed by atoms with Crippen molar-refractivity contribution in [1.29, 1.82) is 0 Å². The molecule has 1 aliphatic rings. The Morgan fingerprint density at radius 2 is 1.97 bits per heavy atom. The lowest BCUT2D eigenvalue weighted by Crippen LogP contribution is -2.42. The second-order valence-electron chi connectivity index (χ2n) is 8.19. The van der Waals surface area contributed by atoms with Crippen molar-refractivity contribution in [2.75, 3.05) is 13.7 Å². The van der Waals surface area contributed by atoms with Gasteiger partial charge in [-0.15, -0.1) is 0 Å². The molecule has 0 spiro atoms. The summed E-state index contributed by atoms with van der Waals surface area (Å²) in [7, 11) is 1.50. The average Bonchev–Trinajstić information content (AvgIpc) is 3.38. The Kier molecular flexibility index (Phi) is 6.69. The fraction of sp³-hybridized carbons (Fsp3) is 0.250. The van der Waals surface area contributed by atoms with E-state index in [-0.39, 0.29) is 35.7 Å². The average molecular weight is 501 g/mol. The number of benzene rings is 2. The molecule has 2 aromatic carbocycles. The summed E-state index contributed by atoms with van der Waals surface area (Å²) >= 11 is 0. The third-order valence-electron chi connectivity index (χ3n) is 5.91. The van der Waals surface area contributed by atoms with Gasteiger partial charge in [0.05, 0.1) is 13.2 Å². The fourth-order valence-electron chi connectivity index (χ4n) is 4.19. The van der Waals surface area contributed by atoms with Gasteiger partial charge in [-0.3, -0.25) is 20.0 Å². The van der Waals surface area contributed by atoms with Gasteiger partial charge >= 0.3 is 12.2 Å². The molecule has 3 N–H and O–H groups in total. The lowest BCUT2D eigenvalue weighted by atomic mass is 9.99. The summed E-state index contributed by atoms with van der Waals surface area (Å²) in [6.45, 7) is 1.85. The Labute approximate surface area is 203 Å². The third-order valence-corrected chi connectivity index (χ3v) is 5.91. The first-order chi connectivity index (χ1) is 17.1. The Bertz CT molecular complexity index is 1300. The first-order valence-electron chi connectivity index (χ1n) is 10.8. The van der Waals surface area contributed by atoms with Crippen LogP contribution >= 0.6 is 0 Å². The van der Waals surface area contributed by atoms with Gasteiger partial charge in [-0.25, -0.2) is 4.79 Å². The maximum atomic E-state index is 13.4. The number of ether oxygens (including phenoxy) is 1. The Morgan fingerprint density at radius 1 is 1.25 bits per heavy atom. The van der Waals surface area contributed by atoms with E-state index in [1.54, 1.807) is 30.3 Å². The zero-order valence-electron chi connectivity index (χ0n) is 19.3. The number of aromatic nitrogens is 2. The topological polar surface area (TPSA) is 116 Å². The lowest BCUT2D eigenvalue weighted by molar-refractivity contribution is -0.140. The highest BCUT2D eigenvalue weighted by Gasteiger charge is 2.38. The molecule has 0 bridgehead atoms. The van der Waals surface area contributed by atoms with E-state index in [1.165, 1.54) is 31.1 Å². The van der Waals surface area contributed by atoms with E-state index in [4.69, 9.17) is 4.74 Å². The standard InChI is InChI=1S/C24H22F3N5O4/c1-13-20(21(31-30-13)24(25,26)27)15-5-3-14(4-6-15)19(29-23(35)28-12-33)11-32-10-16-7-8-17(36-2)9-18(16)22(32)34/h3-9,12,19H,10-11H2,1-2H3,(H,30,31)(H2,28,29,33,35)/t19-/m0/s1. The van der Waals surface area contributed by atoms with Crippen molar-refractivity contribution in [3.8, 4) is 16.9 Å². The number of aromatic amines is 1. The molecular weight excluding hydrogens is 479 g/mol. The highest BCUT2D eigenvalue weighted by Crippen LogP contribution is 2.37. The molecule has 188 valence electrons. The van der Waals surface area contributed by atoms with Crippen LogP contribution in [0.15, 0.2) is 42.5 Å². The molecule has 0 saturated carbocycles. The quantitative estimate of drug-likeness (QED) is 0.428. The summed E-state index contributed by atoms with van der Waals surface area (Å²) in [6, 6.07) is 9.72. The molecule has 36 heavy (non-hydrogen) atoms. The molecule has 0 radical (unpaired) electrons. The molecule has 0 saturated heterocycles. The molecule has 0 fully saturated rings. The zero-order valence-corrected chi connectivity index (χ0v) is 19.3. The molecule has 12 heteroatoms. The molecule has 1 aromatic heterocycles. The van der Waals surface area contributed by atoms with Gasteiger partial charge < -0.3 is 15.0 Å². The molecule has 0 unspecified atom stereocenters. The van der Waals surface area contributed by atoms with E-state index in [0.29, 0.717) is 23.4 Å². The number of nitrogens with zero attached hydrogens (tertiary/aromatic N) is 2. The van der Waals surface area contributed by atoms with Crippen LogP contribution in [0.5, 0.6) is 5.75 Å². The van der Waals surface area contributed by atoms with Crippen molar-refractivity contribution >= 4 is 18.3 Å². The van der Waals surface area contributed by atoms with Crippen LogP contribution in [0.25, 0.3) is 11.1 Å². The number of rotatable bonds is 7. The number of methoxy groups -OCH3 is 1. The number of H-pyrrole nitrogens is 1. The number of halogens is 3. The number of alkyl halides is 3. The normalized spacial score (nSPS) is 13.8. The van der Waals surface area contributed by atoms with Gasteiger partial charge in [0, 0.05) is 29.9 Å². The minimum atomic E-state index is -4.64. The Hall–Kier alpha value is -4.35. The maximum Gasteiger partial charge on any atom is 0.435 e. The smallest absolute Gasteiger partial charge is 0.435 e. The van der Waals surface area contributed by atoms with E-state index in [1.807, 2.05) is 5.32 Å². The number of carbonyl (C=O) groups excluding carboxylic acids is 3. The molecule has 2 heterocycles. The minimum Gasteiger partial charge on any atom is -0.497 e. The largest absolute Gasteiger partial charge is 0.497 e. The van der Waals surface area contributed by atoms with E-state index >= 15 is 0 Å². The Morgan fingerprint density at radius 3 is 2.61 bits per heavy atom. The number of nitrogens with one attached hydrogen (secondary N) is 3. The van der Waals surface area contributed by atoms with Gasteiger partial charge in [0.25, 0.3) is 5.91 Å². The number of hydrogen-bond acceptors (Lipinski definition) is 5. The minimum absolute atomic E-state index is 0.0555. The van der Waals surface area contributed by atoms with E-state index in [2.05, 4.69) is 15.5 Å². The van der Waals surface area contributed by atoms with Gasteiger partial charge in [0.2, 0.25) is 6.41 Å². The molecule has 9 nitrogen and oxygen atoms in total. The number of carbonyl (C=O) groups is 3. The highest BCUT2D eigenvalue weighted by atomic mass is 19.4. The van der Waals surface area contributed by atoms with Crippen molar-refractivity contribution in [2.45, 2.75) is 25.7 Å². The summed E-state index contributed by atoms with van der Waals surface area (Å²) in [5.41, 5.74) is 1.24. The van der Waals surface area contributed by atoms with E-state index in [0.717, 1.165) is 5.56 Å². The molecule has 1 aliphatic heterocycles. The third kappa shape index (κ3) is 4.88. The van der Waals surface area contributed by atoms with Crippen LogP contribution in [-0.2, 0) is 17.5 Å². The first kappa shape index (κ1) is 24.8. The van der Waals surface area contributed by atoms with Gasteiger partial charge in [0.1, 0.15) is 5.75 Å². The Balaban J connectivity index is 1.61. The predicted molar refractivity (Wildman–Crippen MR) is 122 cm³/mol. The number of urea groups is 1. The SMILES string of the molecule is COc1ccc2c(c1)C(=O)N(C[C@H](NC(=O)NC=O)c1ccc(-c3c(C(F)(F)F)n[nH]c3C)cc1)C2. The summed E-state index contributed by atoms with van der Waals surface area (Å²) in [5.74, 6) is 0.277. The first-order valence-corrected chi connectivity index (χ1v) is 10.8. The van der Waals surface area contributed by atoms with E-state index in [9.17, 15) is 27.6 Å². The summed E-state index contributed by atoms with van der Waals surface area (Å²) in [6.07, 6.45) is -4.41. The predicted octanol–water partition coefficient (Wildman–Crippen LogP) is 3.57. The van der Waals surface area contributed by atoms with Crippen LogP contribution in [0.1, 0.15) is 38.9 Å². The zero-order chi connectivity index (χ0) is 26.0. The van der Waals surface area contributed by atoms with Crippen molar-refractivity contribution in [2.24, 2.45) is 0 Å². The van der Waals surface area contributed by atoms with Crippen LogP contribution in [0, 0.1) is 6.92 Å². The maximum absolute atomic E-state index is 13.4. The summed E-state index contributed by atoms with van der Waals surface area (Å²) < 4.78 is 45.3. The van der Waals surface area contributed by atoms with Crippen molar-refractivity contribution in [3.63, 3.8) is 0 Å².